The lowest BCUT2D eigenvalue weighted by molar-refractivity contribution is -0.140. The zero-order valence-electron chi connectivity index (χ0n) is 14.2. The number of hydrogen-bond donors (Lipinski definition) is 2. The summed E-state index contributed by atoms with van der Waals surface area (Å²) >= 11 is 0. The number of carbonyl (C=O) groups is 1. The molecule has 0 aliphatic carbocycles. The third-order valence-electron chi connectivity index (χ3n) is 3.97. The Hall–Kier alpha value is -1.83. The van der Waals surface area contributed by atoms with E-state index in [0.29, 0.717) is 25.5 Å². The number of hydrogen-bond acceptors (Lipinski definition) is 5. The van der Waals surface area contributed by atoms with Gasteiger partial charge in [0.25, 0.3) is 0 Å². The van der Waals surface area contributed by atoms with Gasteiger partial charge in [0, 0.05) is 5.69 Å². The number of urea groups is 1. The summed E-state index contributed by atoms with van der Waals surface area (Å²) in [6.07, 6.45) is -0.0305. The highest BCUT2D eigenvalue weighted by atomic mass is 16.7. The molecule has 7 heteroatoms. The number of anilines is 1. The predicted octanol–water partition coefficient (Wildman–Crippen LogP) is 2.13. The minimum atomic E-state index is -0.599. The standard InChI is InChI=1S/C17H24N2O5/c1-11(15-10-22-17(2,3)24-15)18-16(20)19-12-4-6-13(7-5-12)23-14-8-21-9-14/h4-7,11,14-15H,8-10H2,1-3H3,(H2,18,19,20)/t11-,15+/m0/s1. The van der Waals surface area contributed by atoms with Crippen LogP contribution in [-0.2, 0) is 14.2 Å². The van der Waals surface area contributed by atoms with E-state index in [-0.39, 0.29) is 24.3 Å². The van der Waals surface area contributed by atoms with Crippen LogP contribution in [0.1, 0.15) is 20.8 Å². The van der Waals surface area contributed by atoms with E-state index < -0.39 is 5.79 Å². The van der Waals surface area contributed by atoms with Crippen LogP contribution in [0.3, 0.4) is 0 Å². The first-order valence-electron chi connectivity index (χ1n) is 8.15. The van der Waals surface area contributed by atoms with E-state index in [0.717, 1.165) is 5.75 Å². The van der Waals surface area contributed by atoms with E-state index in [2.05, 4.69) is 10.6 Å². The molecule has 2 fully saturated rings. The van der Waals surface area contributed by atoms with Crippen molar-refractivity contribution >= 4 is 11.7 Å². The molecule has 132 valence electrons. The maximum Gasteiger partial charge on any atom is 0.319 e. The number of nitrogens with one attached hydrogen (secondary N) is 2. The highest BCUT2D eigenvalue weighted by Gasteiger charge is 2.36. The van der Waals surface area contributed by atoms with Gasteiger partial charge in [-0.2, -0.15) is 0 Å². The van der Waals surface area contributed by atoms with E-state index in [1.165, 1.54) is 0 Å². The van der Waals surface area contributed by atoms with Crippen molar-refractivity contribution in [3.05, 3.63) is 24.3 Å². The van der Waals surface area contributed by atoms with Crippen molar-refractivity contribution < 1.29 is 23.7 Å². The molecule has 0 saturated carbocycles. The van der Waals surface area contributed by atoms with Crippen LogP contribution in [0.25, 0.3) is 0 Å². The second-order valence-electron chi connectivity index (χ2n) is 6.56. The third kappa shape index (κ3) is 4.37. The van der Waals surface area contributed by atoms with Crippen LogP contribution < -0.4 is 15.4 Å². The van der Waals surface area contributed by atoms with Crippen LogP contribution >= 0.6 is 0 Å². The summed E-state index contributed by atoms with van der Waals surface area (Å²) in [5, 5.41) is 5.67. The van der Waals surface area contributed by atoms with Crippen LogP contribution in [0.2, 0.25) is 0 Å². The molecule has 2 aliphatic heterocycles. The Balaban J connectivity index is 1.45. The van der Waals surface area contributed by atoms with Crippen LogP contribution in [-0.4, -0.2) is 49.9 Å². The summed E-state index contributed by atoms with van der Waals surface area (Å²) in [5.41, 5.74) is 0.695. The number of ether oxygens (including phenoxy) is 4. The zero-order chi connectivity index (χ0) is 17.2. The van der Waals surface area contributed by atoms with Crippen molar-refractivity contribution in [2.24, 2.45) is 0 Å². The summed E-state index contributed by atoms with van der Waals surface area (Å²) in [4.78, 5) is 12.1. The van der Waals surface area contributed by atoms with Crippen LogP contribution in [0, 0.1) is 0 Å². The van der Waals surface area contributed by atoms with Gasteiger partial charge in [0.1, 0.15) is 18.0 Å². The molecule has 2 N–H and O–H groups in total. The molecule has 2 aliphatic rings. The van der Waals surface area contributed by atoms with Gasteiger partial charge in [0.2, 0.25) is 0 Å². The molecule has 2 saturated heterocycles. The van der Waals surface area contributed by atoms with Crippen molar-refractivity contribution in [1.29, 1.82) is 0 Å². The van der Waals surface area contributed by atoms with E-state index in [1.54, 1.807) is 12.1 Å². The molecule has 1 aromatic rings. The van der Waals surface area contributed by atoms with Gasteiger partial charge >= 0.3 is 6.03 Å². The first kappa shape index (κ1) is 17.0. The van der Waals surface area contributed by atoms with Crippen LogP contribution in [0.4, 0.5) is 10.5 Å². The fourth-order valence-electron chi connectivity index (χ4n) is 2.52. The minimum absolute atomic E-state index is 0.130. The maximum atomic E-state index is 12.1. The minimum Gasteiger partial charge on any atom is -0.486 e. The first-order chi connectivity index (χ1) is 11.4. The smallest absolute Gasteiger partial charge is 0.319 e. The second-order valence-corrected chi connectivity index (χ2v) is 6.56. The highest BCUT2D eigenvalue weighted by Crippen LogP contribution is 2.24. The molecule has 7 nitrogen and oxygen atoms in total. The van der Waals surface area contributed by atoms with Gasteiger partial charge in [-0.1, -0.05) is 0 Å². The van der Waals surface area contributed by atoms with Crippen LogP contribution in [0.15, 0.2) is 24.3 Å². The van der Waals surface area contributed by atoms with Crippen molar-refractivity contribution in [2.75, 3.05) is 25.1 Å². The number of benzene rings is 1. The Morgan fingerprint density at radius 1 is 1.25 bits per heavy atom. The van der Waals surface area contributed by atoms with Gasteiger partial charge in [-0.05, 0) is 45.0 Å². The highest BCUT2D eigenvalue weighted by molar-refractivity contribution is 5.89. The average molecular weight is 336 g/mol. The van der Waals surface area contributed by atoms with Crippen molar-refractivity contribution in [1.82, 2.24) is 5.32 Å². The average Bonchev–Trinajstić information content (AvgIpc) is 2.85. The SMILES string of the molecule is C[C@H](NC(=O)Nc1ccc(OC2COC2)cc1)[C@H]1COC(C)(C)O1. The fourth-order valence-corrected chi connectivity index (χ4v) is 2.52. The van der Waals surface area contributed by atoms with Gasteiger partial charge in [-0.25, -0.2) is 4.79 Å². The van der Waals surface area contributed by atoms with Gasteiger partial charge in [0.15, 0.2) is 5.79 Å². The van der Waals surface area contributed by atoms with Gasteiger partial charge < -0.3 is 29.6 Å². The summed E-state index contributed by atoms with van der Waals surface area (Å²) in [7, 11) is 0. The molecule has 0 unspecified atom stereocenters. The Morgan fingerprint density at radius 2 is 1.96 bits per heavy atom. The number of carbonyl (C=O) groups excluding carboxylic acids is 1. The molecular weight excluding hydrogens is 312 g/mol. The Kier molecular flexibility index (Phi) is 4.93. The topological polar surface area (TPSA) is 78.1 Å². The Labute approximate surface area is 141 Å². The lowest BCUT2D eigenvalue weighted by Gasteiger charge is -2.26. The summed E-state index contributed by atoms with van der Waals surface area (Å²) in [6.45, 7) is 7.34. The van der Waals surface area contributed by atoms with E-state index in [1.807, 2.05) is 32.9 Å². The lowest BCUT2D eigenvalue weighted by atomic mass is 10.2. The quantitative estimate of drug-likeness (QED) is 0.861. The molecule has 0 spiro atoms. The summed E-state index contributed by atoms with van der Waals surface area (Å²) in [5.74, 6) is 0.166. The lowest BCUT2D eigenvalue weighted by Crippen LogP contribution is -2.44. The number of amides is 2. The van der Waals surface area contributed by atoms with E-state index in [4.69, 9.17) is 18.9 Å². The first-order valence-corrected chi connectivity index (χ1v) is 8.15. The summed E-state index contributed by atoms with van der Waals surface area (Å²) in [6, 6.07) is 6.82. The monoisotopic (exact) mass is 336 g/mol. The predicted molar refractivity (Wildman–Crippen MR) is 88.2 cm³/mol. The third-order valence-corrected chi connectivity index (χ3v) is 3.97. The van der Waals surface area contributed by atoms with Crippen molar-refractivity contribution in [3.8, 4) is 5.75 Å². The molecule has 24 heavy (non-hydrogen) atoms. The van der Waals surface area contributed by atoms with Crippen molar-refractivity contribution in [3.63, 3.8) is 0 Å². The molecule has 2 atom stereocenters. The molecule has 0 radical (unpaired) electrons. The molecule has 1 aromatic carbocycles. The molecule has 2 amide bonds. The van der Waals surface area contributed by atoms with Crippen molar-refractivity contribution in [2.45, 2.75) is 44.8 Å². The number of rotatable bonds is 5. The van der Waals surface area contributed by atoms with E-state index in [9.17, 15) is 4.79 Å². The molecule has 3 rings (SSSR count). The molecule has 0 aromatic heterocycles. The fraction of sp³-hybridized carbons (Fsp3) is 0.588. The van der Waals surface area contributed by atoms with E-state index >= 15 is 0 Å². The van der Waals surface area contributed by atoms with Gasteiger partial charge in [-0.3, -0.25) is 0 Å². The molecule has 2 heterocycles. The maximum absolute atomic E-state index is 12.1. The van der Waals surface area contributed by atoms with Gasteiger partial charge in [0.05, 0.1) is 25.9 Å². The Morgan fingerprint density at radius 3 is 2.50 bits per heavy atom. The molecule has 0 bridgehead atoms. The second kappa shape index (κ2) is 6.96. The normalized spacial score (nSPS) is 24.0. The van der Waals surface area contributed by atoms with Gasteiger partial charge in [-0.15, -0.1) is 0 Å². The zero-order valence-corrected chi connectivity index (χ0v) is 14.2. The molecular formula is C17H24N2O5. The Bertz CT molecular complexity index is 571. The van der Waals surface area contributed by atoms with Crippen LogP contribution in [0.5, 0.6) is 5.75 Å². The summed E-state index contributed by atoms with van der Waals surface area (Å²) < 4.78 is 22.0. The largest absolute Gasteiger partial charge is 0.486 e.